The molecule has 0 N–H and O–H groups in total. The van der Waals surface area contributed by atoms with Gasteiger partial charge in [-0.1, -0.05) is 0 Å². The molecule has 0 fully saturated rings. The number of hydrogen-bond donors (Lipinski definition) is 0. The minimum absolute atomic E-state index is 0.0213. The maximum Gasteiger partial charge on any atom is 0.193 e. The Morgan fingerprint density at radius 2 is 1.37 bits per heavy atom. The zero-order valence-electron chi connectivity index (χ0n) is 11.4. The van der Waals surface area contributed by atoms with E-state index in [-0.39, 0.29) is 5.78 Å². The smallest absolute Gasteiger partial charge is 0.193 e. The number of rotatable bonds is 4. The summed E-state index contributed by atoms with van der Waals surface area (Å²) in [5.74, 6) is 0.771. The summed E-state index contributed by atoms with van der Waals surface area (Å²) in [7, 11) is 5.55. The van der Waals surface area contributed by atoms with Gasteiger partial charge in [0.25, 0.3) is 0 Å². The van der Waals surface area contributed by atoms with Crippen molar-refractivity contribution in [3.05, 3.63) is 59.7 Å². The number of ketones is 1. The highest BCUT2D eigenvalue weighted by atomic mass is 16.5. The molecule has 0 bridgehead atoms. The van der Waals surface area contributed by atoms with Crippen LogP contribution >= 0.6 is 0 Å². The predicted molar refractivity (Wildman–Crippen MR) is 77.2 cm³/mol. The zero-order valence-corrected chi connectivity index (χ0v) is 11.4. The number of carbonyl (C=O) groups excluding carboxylic acids is 1. The Labute approximate surface area is 113 Å². The van der Waals surface area contributed by atoms with Crippen molar-refractivity contribution in [2.24, 2.45) is 0 Å². The summed E-state index contributed by atoms with van der Waals surface area (Å²) in [5.41, 5.74) is 2.43. The van der Waals surface area contributed by atoms with E-state index in [2.05, 4.69) is 0 Å². The summed E-state index contributed by atoms with van der Waals surface area (Å²) in [4.78, 5) is 14.3. The van der Waals surface area contributed by atoms with Gasteiger partial charge in [-0.05, 0) is 48.5 Å². The molecule has 0 saturated carbocycles. The topological polar surface area (TPSA) is 29.5 Å². The van der Waals surface area contributed by atoms with Gasteiger partial charge in [-0.25, -0.2) is 0 Å². The number of carbonyl (C=O) groups is 1. The third kappa shape index (κ3) is 2.94. The Morgan fingerprint density at radius 3 is 1.79 bits per heavy atom. The molecule has 0 atom stereocenters. The van der Waals surface area contributed by atoms with Crippen molar-refractivity contribution in [2.75, 3.05) is 26.1 Å². The summed E-state index contributed by atoms with van der Waals surface area (Å²) in [5, 5.41) is 0. The average Bonchev–Trinajstić information content (AvgIpc) is 2.46. The molecule has 0 radical (unpaired) electrons. The number of anilines is 1. The van der Waals surface area contributed by atoms with Crippen molar-refractivity contribution in [2.45, 2.75) is 0 Å². The van der Waals surface area contributed by atoms with E-state index in [4.69, 9.17) is 4.74 Å². The third-order valence-corrected chi connectivity index (χ3v) is 3.00. The molecule has 0 unspecified atom stereocenters. The second kappa shape index (κ2) is 5.57. The Hall–Kier alpha value is -2.29. The molecule has 2 aromatic carbocycles. The fraction of sp³-hybridized carbons (Fsp3) is 0.188. The van der Waals surface area contributed by atoms with Gasteiger partial charge in [0.1, 0.15) is 5.75 Å². The van der Waals surface area contributed by atoms with Crippen LogP contribution < -0.4 is 9.64 Å². The van der Waals surface area contributed by atoms with Gasteiger partial charge >= 0.3 is 0 Å². The minimum Gasteiger partial charge on any atom is -0.497 e. The van der Waals surface area contributed by atoms with E-state index in [9.17, 15) is 4.79 Å². The molecule has 0 aromatic heterocycles. The third-order valence-electron chi connectivity index (χ3n) is 3.00. The number of methoxy groups -OCH3 is 1. The van der Waals surface area contributed by atoms with E-state index in [1.165, 1.54) is 0 Å². The lowest BCUT2D eigenvalue weighted by Gasteiger charge is -2.12. The second-order valence-electron chi connectivity index (χ2n) is 4.50. The van der Waals surface area contributed by atoms with Gasteiger partial charge in [-0.15, -0.1) is 0 Å². The van der Waals surface area contributed by atoms with Crippen LogP contribution in [0.25, 0.3) is 0 Å². The zero-order chi connectivity index (χ0) is 13.8. The van der Waals surface area contributed by atoms with Crippen LogP contribution in [-0.2, 0) is 0 Å². The summed E-state index contributed by atoms with van der Waals surface area (Å²) in [6, 6.07) is 14.7. The van der Waals surface area contributed by atoms with Crippen LogP contribution in [0.2, 0.25) is 0 Å². The second-order valence-corrected chi connectivity index (χ2v) is 4.50. The summed E-state index contributed by atoms with van der Waals surface area (Å²) in [6.45, 7) is 0. The van der Waals surface area contributed by atoms with Crippen LogP contribution in [0.3, 0.4) is 0 Å². The Kier molecular flexibility index (Phi) is 3.85. The van der Waals surface area contributed by atoms with Crippen LogP contribution in [0.15, 0.2) is 48.5 Å². The molecule has 0 aliphatic rings. The molecule has 0 spiro atoms. The average molecular weight is 255 g/mol. The molecule has 98 valence electrons. The maximum atomic E-state index is 12.3. The van der Waals surface area contributed by atoms with Crippen molar-refractivity contribution < 1.29 is 9.53 Å². The van der Waals surface area contributed by atoms with Gasteiger partial charge in [0.15, 0.2) is 5.78 Å². The first kappa shape index (κ1) is 13.1. The van der Waals surface area contributed by atoms with Crippen LogP contribution in [-0.4, -0.2) is 27.0 Å². The first-order chi connectivity index (χ1) is 9.11. The Bertz CT molecular complexity index is 556. The van der Waals surface area contributed by atoms with Gasteiger partial charge in [0.05, 0.1) is 7.11 Å². The van der Waals surface area contributed by atoms with E-state index < -0.39 is 0 Å². The Balaban J connectivity index is 2.22. The normalized spacial score (nSPS) is 10.1. The van der Waals surface area contributed by atoms with Gasteiger partial charge in [-0.3, -0.25) is 4.79 Å². The van der Waals surface area contributed by atoms with E-state index in [1.807, 2.05) is 43.3 Å². The molecule has 19 heavy (non-hydrogen) atoms. The van der Waals surface area contributed by atoms with Gasteiger partial charge < -0.3 is 9.64 Å². The van der Waals surface area contributed by atoms with E-state index in [0.717, 1.165) is 11.4 Å². The van der Waals surface area contributed by atoms with Crippen LogP contribution in [0.1, 0.15) is 15.9 Å². The summed E-state index contributed by atoms with van der Waals surface area (Å²) < 4.78 is 5.08. The molecule has 0 amide bonds. The van der Waals surface area contributed by atoms with Crippen molar-refractivity contribution in [1.82, 2.24) is 0 Å². The SMILES string of the molecule is COc1ccc(C(=O)c2ccc(N(C)C)cc2)cc1. The number of nitrogens with zero attached hydrogens (tertiary/aromatic N) is 1. The van der Waals surface area contributed by atoms with Crippen molar-refractivity contribution in [1.29, 1.82) is 0 Å². The predicted octanol–water partition coefficient (Wildman–Crippen LogP) is 2.99. The number of hydrogen-bond acceptors (Lipinski definition) is 3. The largest absolute Gasteiger partial charge is 0.497 e. The first-order valence-corrected chi connectivity index (χ1v) is 6.08. The van der Waals surface area contributed by atoms with Crippen molar-refractivity contribution in [3.8, 4) is 5.75 Å². The van der Waals surface area contributed by atoms with E-state index in [0.29, 0.717) is 11.1 Å². The van der Waals surface area contributed by atoms with Gasteiger partial charge in [0.2, 0.25) is 0 Å². The van der Waals surface area contributed by atoms with Gasteiger partial charge in [-0.2, -0.15) is 0 Å². The Morgan fingerprint density at radius 1 is 0.895 bits per heavy atom. The van der Waals surface area contributed by atoms with E-state index >= 15 is 0 Å². The summed E-state index contributed by atoms with van der Waals surface area (Å²) >= 11 is 0. The molecule has 3 nitrogen and oxygen atoms in total. The van der Waals surface area contributed by atoms with Crippen molar-refractivity contribution >= 4 is 11.5 Å². The standard InChI is InChI=1S/C16H17NO2/c1-17(2)14-8-4-12(5-9-14)16(18)13-6-10-15(19-3)11-7-13/h4-11H,1-3H3. The molecular formula is C16H17NO2. The highest BCUT2D eigenvalue weighted by Crippen LogP contribution is 2.17. The lowest BCUT2D eigenvalue weighted by molar-refractivity contribution is 0.103. The number of benzene rings is 2. The molecular weight excluding hydrogens is 238 g/mol. The molecule has 0 aliphatic carbocycles. The lowest BCUT2D eigenvalue weighted by Crippen LogP contribution is -2.09. The fourth-order valence-electron chi connectivity index (χ4n) is 1.82. The molecule has 0 saturated heterocycles. The van der Waals surface area contributed by atoms with Crippen LogP contribution in [0.5, 0.6) is 5.75 Å². The first-order valence-electron chi connectivity index (χ1n) is 6.08. The molecule has 3 heteroatoms. The molecule has 0 heterocycles. The quantitative estimate of drug-likeness (QED) is 0.787. The van der Waals surface area contributed by atoms with Crippen LogP contribution in [0.4, 0.5) is 5.69 Å². The minimum atomic E-state index is 0.0213. The highest BCUT2D eigenvalue weighted by molar-refractivity contribution is 6.09. The molecule has 2 rings (SSSR count). The number of ether oxygens (including phenoxy) is 1. The molecule has 2 aromatic rings. The monoisotopic (exact) mass is 255 g/mol. The summed E-state index contributed by atoms with van der Waals surface area (Å²) in [6.07, 6.45) is 0. The van der Waals surface area contributed by atoms with E-state index in [1.54, 1.807) is 31.4 Å². The fourth-order valence-corrected chi connectivity index (χ4v) is 1.82. The van der Waals surface area contributed by atoms with Crippen LogP contribution in [0, 0.1) is 0 Å². The lowest BCUT2D eigenvalue weighted by atomic mass is 10.0. The van der Waals surface area contributed by atoms with Crippen molar-refractivity contribution in [3.63, 3.8) is 0 Å². The molecule has 0 aliphatic heterocycles. The van der Waals surface area contributed by atoms with Gasteiger partial charge in [0, 0.05) is 30.9 Å². The highest BCUT2D eigenvalue weighted by Gasteiger charge is 2.09. The maximum absolute atomic E-state index is 12.3.